The molecule has 6 heteroatoms. The second kappa shape index (κ2) is 5.70. The largest absolute Gasteiger partial charge is 0.237 e. The second-order valence-electron chi connectivity index (χ2n) is 6.56. The predicted octanol–water partition coefficient (Wildman–Crippen LogP) is 3.24. The van der Waals surface area contributed by atoms with Gasteiger partial charge in [-0.15, -0.1) is 0 Å². The topological polar surface area (TPSA) is 60.4 Å². The predicted molar refractivity (Wildman–Crippen MR) is 92.2 cm³/mol. The number of hydrogen-bond donors (Lipinski definition) is 0. The minimum Gasteiger partial charge on any atom is -0.237 e. The fourth-order valence-electron chi connectivity index (χ4n) is 3.12. The smallest absolute Gasteiger partial charge is 0.158 e. The van der Waals surface area contributed by atoms with Gasteiger partial charge in [0.2, 0.25) is 0 Å². The van der Waals surface area contributed by atoms with Crippen LogP contribution >= 0.6 is 0 Å². The molecule has 24 heavy (non-hydrogen) atoms. The van der Waals surface area contributed by atoms with E-state index in [1.165, 1.54) is 16.8 Å². The zero-order valence-electron chi connectivity index (χ0n) is 14.1. The molecule has 1 atom stereocenters. The Hall–Kier alpha value is -2.76. The van der Waals surface area contributed by atoms with Gasteiger partial charge >= 0.3 is 0 Å². The highest BCUT2D eigenvalue weighted by molar-refractivity contribution is 5.49. The van der Waals surface area contributed by atoms with Gasteiger partial charge in [0.25, 0.3) is 0 Å². The Morgan fingerprint density at radius 1 is 1.08 bits per heavy atom. The molecule has 6 nitrogen and oxygen atoms in total. The fourth-order valence-corrected chi connectivity index (χ4v) is 3.12. The third-order valence-electron chi connectivity index (χ3n) is 4.49. The lowest BCUT2D eigenvalue weighted by atomic mass is 9.95. The van der Waals surface area contributed by atoms with E-state index in [-0.39, 0.29) is 0 Å². The summed E-state index contributed by atoms with van der Waals surface area (Å²) < 4.78 is 3.75. The lowest BCUT2D eigenvalue weighted by molar-refractivity contribution is 0.746. The normalized spacial score (nSPS) is 13.2. The van der Waals surface area contributed by atoms with Crippen LogP contribution in [0.1, 0.15) is 49.4 Å². The lowest BCUT2D eigenvalue weighted by Crippen LogP contribution is -2.03. The number of rotatable bonds is 4. The van der Waals surface area contributed by atoms with Gasteiger partial charge in [-0.25, -0.2) is 19.0 Å². The Kier molecular flexibility index (Phi) is 3.52. The van der Waals surface area contributed by atoms with Gasteiger partial charge in [-0.2, -0.15) is 10.2 Å². The molecule has 0 fully saturated rings. The molecular weight excluding hydrogens is 300 g/mol. The number of aromatic nitrogens is 6. The molecule has 122 valence electrons. The zero-order chi connectivity index (χ0) is 16.7. The highest BCUT2D eigenvalue weighted by Gasteiger charge is 2.15. The SMILES string of the molecule is CC(C)c1ccnc2c(CC(C)c3ccn4ncnc4c3)cnn12. The maximum atomic E-state index is 4.56. The molecule has 0 saturated heterocycles. The van der Waals surface area contributed by atoms with Crippen LogP contribution in [0, 0.1) is 0 Å². The van der Waals surface area contributed by atoms with E-state index in [0.29, 0.717) is 11.8 Å². The van der Waals surface area contributed by atoms with Crippen LogP contribution in [0.15, 0.2) is 43.1 Å². The third-order valence-corrected chi connectivity index (χ3v) is 4.49. The zero-order valence-corrected chi connectivity index (χ0v) is 14.1. The Labute approximate surface area is 140 Å². The number of pyridine rings is 1. The first-order valence-electron chi connectivity index (χ1n) is 8.24. The van der Waals surface area contributed by atoms with Crippen molar-refractivity contribution < 1.29 is 0 Å². The molecule has 0 aliphatic carbocycles. The van der Waals surface area contributed by atoms with Gasteiger partial charge in [-0.1, -0.05) is 20.8 Å². The molecule has 0 spiro atoms. The first kappa shape index (κ1) is 14.8. The highest BCUT2D eigenvalue weighted by atomic mass is 15.3. The van der Waals surface area contributed by atoms with Crippen LogP contribution in [0.2, 0.25) is 0 Å². The number of hydrogen-bond acceptors (Lipinski definition) is 4. The summed E-state index contributed by atoms with van der Waals surface area (Å²) in [4.78, 5) is 8.81. The average Bonchev–Trinajstić information content (AvgIpc) is 3.20. The van der Waals surface area contributed by atoms with Crippen molar-refractivity contribution in [1.82, 2.24) is 29.2 Å². The van der Waals surface area contributed by atoms with Crippen molar-refractivity contribution in [3.63, 3.8) is 0 Å². The lowest BCUT2D eigenvalue weighted by Gasteiger charge is -2.11. The summed E-state index contributed by atoms with van der Waals surface area (Å²) in [5.74, 6) is 0.764. The third kappa shape index (κ3) is 2.44. The van der Waals surface area contributed by atoms with Crippen LogP contribution in [0.4, 0.5) is 0 Å². The van der Waals surface area contributed by atoms with Gasteiger partial charge < -0.3 is 0 Å². The molecule has 0 aromatic carbocycles. The van der Waals surface area contributed by atoms with E-state index in [4.69, 9.17) is 0 Å². The molecule has 4 aromatic heterocycles. The molecule has 0 saturated carbocycles. The molecule has 0 N–H and O–H groups in total. The van der Waals surface area contributed by atoms with Gasteiger partial charge in [0.05, 0.1) is 6.20 Å². The Morgan fingerprint density at radius 2 is 1.96 bits per heavy atom. The summed E-state index contributed by atoms with van der Waals surface area (Å²) in [6, 6.07) is 6.23. The Morgan fingerprint density at radius 3 is 2.79 bits per heavy atom. The summed E-state index contributed by atoms with van der Waals surface area (Å²) in [6.45, 7) is 6.57. The molecule has 4 heterocycles. The Bertz CT molecular complexity index is 997. The average molecular weight is 320 g/mol. The minimum absolute atomic E-state index is 0.351. The quantitative estimate of drug-likeness (QED) is 0.579. The first-order valence-corrected chi connectivity index (χ1v) is 8.24. The molecule has 0 aliphatic rings. The molecular formula is C18H20N6. The van der Waals surface area contributed by atoms with E-state index in [1.807, 2.05) is 29.2 Å². The van der Waals surface area contributed by atoms with Crippen LogP contribution < -0.4 is 0 Å². The number of nitrogens with zero attached hydrogens (tertiary/aromatic N) is 6. The molecule has 4 aromatic rings. The van der Waals surface area contributed by atoms with Crippen molar-refractivity contribution in [2.75, 3.05) is 0 Å². The standard InChI is InChI=1S/C18H20N6/c1-12(2)16-4-6-19-18-15(10-21-24(16)18)8-13(3)14-5-7-23-17(9-14)20-11-22-23/h4-7,9-13H,8H2,1-3H3. The van der Waals surface area contributed by atoms with Crippen molar-refractivity contribution in [2.45, 2.75) is 39.0 Å². The minimum atomic E-state index is 0.351. The highest BCUT2D eigenvalue weighted by Crippen LogP contribution is 2.24. The molecule has 4 rings (SSSR count). The van der Waals surface area contributed by atoms with Gasteiger partial charge in [-0.05, 0) is 42.0 Å². The summed E-state index contributed by atoms with van der Waals surface area (Å²) in [6.07, 6.45) is 8.25. The molecule has 0 bridgehead atoms. The van der Waals surface area contributed by atoms with Crippen molar-refractivity contribution in [3.05, 3.63) is 59.9 Å². The van der Waals surface area contributed by atoms with Crippen LogP contribution in [0.25, 0.3) is 11.3 Å². The van der Waals surface area contributed by atoms with Gasteiger partial charge in [0, 0.05) is 23.7 Å². The van der Waals surface area contributed by atoms with Crippen LogP contribution in [-0.4, -0.2) is 29.2 Å². The first-order chi connectivity index (χ1) is 11.6. The van der Waals surface area contributed by atoms with Crippen molar-refractivity contribution in [3.8, 4) is 0 Å². The maximum Gasteiger partial charge on any atom is 0.158 e. The van der Waals surface area contributed by atoms with Crippen LogP contribution in [0.5, 0.6) is 0 Å². The fraction of sp³-hybridized carbons (Fsp3) is 0.333. The van der Waals surface area contributed by atoms with E-state index in [1.54, 1.807) is 10.8 Å². The van der Waals surface area contributed by atoms with E-state index in [2.05, 4.69) is 53.1 Å². The van der Waals surface area contributed by atoms with Crippen LogP contribution in [-0.2, 0) is 6.42 Å². The number of fused-ring (bicyclic) bond motifs is 2. The summed E-state index contributed by atoms with van der Waals surface area (Å²) in [5.41, 5.74) is 5.43. The molecule has 0 radical (unpaired) electrons. The van der Waals surface area contributed by atoms with Crippen LogP contribution in [0.3, 0.4) is 0 Å². The molecule has 0 aliphatic heterocycles. The maximum absolute atomic E-state index is 4.56. The van der Waals surface area contributed by atoms with Crippen molar-refractivity contribution >= 4 is 11.3 Å². The summed E-state index contributed by atoms with van der Waals surface area (Å²) >= 11 is 0. The van der Waals surface area contributed by atoms with E-state index < -0.39 is 0 Å². The Balaban J connectivity index is 1.67. The second-order valence-corrected chi connectivity index (χ2v) is 6.56. The van der Waals surface area contributed by atoms with Gasteiger partial charge in [0.15, 0.2) is 11.3 Å². The van der Waals surface area contributed by atoms with Gasteiger partial charge in [0.1, 0.15) is 6.33 Å². The van der Waals surface area contributed by atoms with Crippen molar-refractivity contribution in [1.29, 1.82) is 0 Å². The monoisotopic (exact) mass is 320 g/mol. The van der Waals surface area contributed by atoms with E-state index in [9.17, 15) is 0 Å². The summed E-state index contributed by atoms with van der Waals surface area (Å²) in [7, 11) is 0. The molecule has 0 amide bonds. The summed E-state index contributed by atoms with van der Waals surface area (Å²) in [5, 5.41) is 8.70. The van der Waals surface area contributed by atoms with E-state index >= 15 is 0 Å². The van der Waals surface area contributed by atoms with E-state index in [0.717, 1.165) is 17.7 Å². The van der Waals surface area contributed by atoms with Gasteiger partial charge in [-0.3, -0.25) is 0 Å². The van der Waals surface area contributed by atoms with Crippen molar-refractivity contribution in [2.24, 2.45) is 0 Å². The molecule has 1 unspecified atom stereocenters.